The molecule has 1 aliphatic heterocycles. The highest BCUT2D eigenvalue weighted by molar-refractivity contribution is 5.80. The van der Waals surface area contributed by atoms with Crippen molar-refractivity contribution < 1.29 is 19.4 Å². The molecule has 1 saturated heterocycles. The molecule has 0 saturated carbocycles. The summed E-state index contributed by atoms with van der Waals surface area (Å²) in [4.78, 5) is 22.3. The molecule has 1 aliphatic rings. The van der Waals surface area contributed by atoms with Crippen LogP contribution >= 0.6 is 0 Å². The molecule has 1 heterocycles. The minimum Gasteiger partial charge on any atom is -0.480 e. The Morgan fingerprint density at radius 3 is 2.67 bits per heavy atom. The molecule has 104 valence electrons. The molecule has 2 unspecified atom stereocenters. The summed E-state index contributed by atoms with van der Waals surface area (Å²) in [6, 6.07) is -0.846. The molecule has 0 aliphatic carbocycles. The molecule has 0 bridgehead atoms. The van der Waals surface area contributed by atoms with Gasteiger partial charge >= 0.3 is 12.1 Å². The number of aliphatic carboxylic acids is 1. The van der Waals surface area contributed by atoms with Crippen LogP contribution < -0.4 is 16.0 Å². The smallest absolute Gasteiger partial charge is 0.407 e. The number of amides is 1. The van der Waals surface area contributed by atoms with Crippen LogP contribution in [-0.2, 0) is 9.53 Å². The van der Waals surface area contributed by atoms with Crippen LogP contribution in [0.25, 0.3) is 0 Å². The minimum atomic E-state index is -1.06. The fraction of sp³-hybridized carbons (Fsp3) is 0.818. The molecule has 1 amide bonds. The maximum absolute atomic E-state index is 11.5. The van der Waals surface area contributed by atoms with Crippen molar-refractivity contribution in [3.05, 3.63) is 0 Å². The van der Waals surface area contributed by atoms with E-state index in [1.165, 1.54) is 0 Å². The summed E-state index contributed by atoms with van der Waals surface area (Å²) in [6.07, 6.45) is -0.691. The summed E-state index contributed by atoms with van der Waals surface area (Å²) >= 11 is 0. The maximum Gasteiger partial charge on any atom is 0.407 e. The van der Waals surface area contributed by atoms with Gasteiger partial charge in [0.25, 0.3) is 0 Å². The number of hydrogen-bond donors (Lipinski definition) is 4. The lowest BCUT2D eigenvalue weighted by atomic mass is 10.1. The number of carbonyl (C=O) groups excluding carboxylic acids is 1. The van der Waals surface area contributed by atoms with Crippen LogP contribution in [0.2, 0.25) is 0 Å². The van der Waals surface area contributed by atoms with Crippen LogP contribution in [0.3, 0.4) is 0 Å². The van der Waals surface area contributed by atoms with Gasteiger partial charge in [-0.1, -0.05) is 13.8 Å². The average Bonchev–Trinajstić information content (AvgIpc) is 2.34. The second-order valence-electron chi connectivity index (χ2n) is 4.66. The van der Waals surface area contributed by atoms with Gasteiger partial charge in [-0.2, -0.15) is 0 Å². The van der Waals surface area contributed by atoms with Gasteiger partial charge in [0.05, 0.1) is 6.04 Å². The molecule has 0 aromatic rings. The van der Waals surface area contributed by atoms with Gasteiger partial charge in [0.1, 0.15) is 12.6 Å². The number of carboxylic acid groups (broad SMARTS) is 1. The standard InChI is InChI=1S/C11H21N3O4/c1-7(2)9(10(15)16)14-11(17)18-6-8-5-12-3-4-13-8/h7-9,12-13H,3-6H2,1-2H3,(H,14,17)(H,15,16). The summed E-state index contributed by atoms with van der Waals surface area (Å²) in [5.41, 5.74) is 0. The van der Waals surface area contributed by atoms with E-state index in [0.29, 0.717) is 0 Å². The molecule has 2 atom stereocenters. The molecule has 1 fully saturated rings. The third-order valence-electron chi connectivity index (χ3n) is 2.75. The number of nitrogens with one attached hydrogen (secondary N) is 3. The zero-order valence-corrected chi connectivity index (χ0v) is 10.7. The van der Waals surface area contributed by atoms with Crippen LogP contribution in [0.15, 0.2) is 0 Å². The highest BCUT2D eigenvalue weighted by Crippen LogP contribution is 2.02. The second kappa shape index (κ2) is 7.17. The Kier molecular flexibility index (Phi) is 5.87. The molecule has 0 aromatic carbocycles. The molecule has 1 rings (SSSR count). The minimum absolute atomic E-state index is 0.0758. The van der Waals surface area contributed by atoms with Gasteiger partial charge in [0.2, 0.25) is 0 Å². The number of alkyl carbamates (subject to hydrolysis) is 1. The van der Waals surface area contributed by atoms with Crippen molar-refractivity contribution in [2.24, 2.45) is 5.92 Å². The largest absolute Gasteiger partial charge is 0.480 e. The highest BCUT2D eigenvalue weighted by atomic mass is 16.5. The molecule has 4 N–H and O–H groups in total. The van der Waals surface area contributed by atoms with Crippen molar-refractivity contribution in [2.75, 3.05) is 26.2 Å². The van der Waals surface area contributed by atoms with Gasteiger partial charge in [0, 0.05) is 19.6 Å². The molecular weight excluding hydrogens is 238 g/mol. The molecule has 18 heavy (non-hydrogen) atoms. The van der Waals surface area contributed by atoms with Crippen LogP contribution in [0.1, 0.15) is 13.8 Å². The van der Waals surface area contributed by atoms with E-state index in [1.807, 2.05) is 0 Å². The lowest BCUT2D eigenvalue weighted by molar-refractivity contribution is -0.140. The van der Waals surface area contributed by atoms with Crippen LogP contribution in [0, 0.1) is 5.92 Å². The predicted octanol–water partition coefficient (Wildman–Crippen LogP) is -0.617. The Labute approximate surface area is 106 Å². The fourth-order valence-electron chi connectivity index (χ4n) is 1.69. The summed E-state index contributed by atoms with van der Waals surface area (Å²) in [7, 11) is 0. The fourth-order valence-corrected chi connectivity index (χ4v) is 1.69. The number of carbonyl (C=O) groups is 2. The van der Waals surface area contributed by atoms with Gasteiger partial charge in [-0.15, -0.1) is 0 Å². The first-order valence-electron chi connectivity index (χ1n) is 6.11. The summed E-state index contributed by atoms with van der Waals surface area (Å²) < 4.78 is 5.00. The van der Waals surface area contributed by atoms with Crippen molar-refractivity contribution in [3.8, 4) is 0 Å². The zero-order chi connectivity index (χ0) is 13.5. The van der Waals surface area contributed by atoms with E-state index >= 15 is 0 Å². The first-order chi connectivity index (χ1) is 8.50. The van der Waals surface area contributed by atoms with Crippen molar-refractivity contribution >= 4 is 12.1 Å². The van der Waals surface area contributed by atoms with Crippen LogP contribution in [0.5, 0.6) is 0 Å². The molecular formula is C11H21N3O4. The third-order valence-corrected chi connectivity index (χ3v) is 2.75. The maximum atomic E-state index is 11.5. The monoisotopic (exact) mass is 259 g/mol. The van der Waals surface area contributed by atoms with E-state index < -0.39 is 18.1 Å². The Hall–Kier alpha value is -1.34. The van der Waals surface area contributed by atoms with Crippen LogP contribution in [0.4, 0.5) is 4.79 Å². The van der Waals surface area contributed by atoms with Crippen molar-refractivity contribution in [1.82, 2.24) is 16.0 Å². The number of ether oxygens (including phenoxy) is 1. The first-order valence-corrected chi connectivity index (χ1v) is 6.11. The molecule has 7 heteroatoms. The Morgan fingerprint density at radius 1 is 1.44 bits per heavy atom. The molecule has 0 aromatic heterocycles. The SMILES string of the molecule is CC(C)C(NC(=O)OCC1CNCCN1)C(=O)O. The Morgan fingerprint density at radius 2 is 2.17 bits per heavy atom. The first kappa shape index (κ1) is 14.7. The summed E-state index contributed by atoms with van der Waals surface area (Å²) in [5, 5.41) is 17.6. The number of hydrogen-bond acceptors (Lipinski definition) is 5. The average molecular weight is 259 g/mol. The van der Waals surface area contributed by atoms with Gasteiger partial charge in [-0.05, 0) is 5.92 Å². The number of rotatable bonds is 5. The molecule has 7 nitrogen and oxygen atoms in total. The number of piperazine rings is 1. The van der Waals surface area contributed by atoms with E-state index in [2.05, 4.69) is 16.0 Å². The topological polar surface area (TPSA) is 99.7 Å². The third kappa shape index (κ3) is 4.89. The van der Waals surface area contributed by atoms with Crippen molar-refractivity contribution in [2.45, 2.75) is 25.9 Å². The Balaban J connectivity index is 2.29. The normalized spacial score (nSPS) is 21.4. The van der Waals surface area contributed by atoms with E-state index in [-0.39, 0.29) is 18.6 Å². The zero-order valence-electron chi connectivity index (χ0n) is 10.7. The van der Waals surface area contributed by atoms with E-state index in [1.54, 1.807) is 13.8 Å². The van der Waals surface area contributed by atoms with Gasteiger partial charge in [0.15, 0.2) is 0 Å². The van der Waals surface area contributed by atoms with E-state index in [4.69, 9.17) is 9.84 Å². The molecule has 0 radical (unpaired) electrons. The van der Waals surface area contributed by atoms with Crippen molar-refractivity contribution in [3.63, 3.8) is 0 Å². The lowest BCUT2D eigenvalue weighted by Gasteiger charge is -2.24. The van der Waals surface area contributed by atoms with E-state index in [9.17, 15) is 9.59 Å². The van der Waals surface area contributed by atoms with Gasteiger partial charge in [-0.3, -0.25) is 0 Å². The lowest BCUT2D eigenvalue weighted by Crippen LogP contribution is -2.51. The van der Waals surface area contributed by atoms with E-state index in [0.717, 1.165) is 19.6 Å². The molecule has 0 spiro atoms. The van der Waals surface area contributed by atoms with Gasteiger partial charge < -0.3 is 25.8 Å². The quantitative estimate of drug-likeness (QED) is 0.525. The van der Waals surface area contributed by atoms with Crippen LogP contribution in [-0.4, -0.2) is 55.5 Å². The summed E-state index contributed by atoms with van der Waals surface area (Å²) in [6.45, 7) is 6.15. The van der Waals surface area contributed by atoms with Crippen molar-refractivity contribution in [1.29, 1.82) is 0 Å². The summed E-state index contributed by atoms with van der Waals surface area (Å²) in [5.74, 6) is -1.25. The highest BCUT2D eigenvalue weighted by Gasteiger charge is 2.24. The predicted molar refractivity (Wildman–Crippen MR) is 65.4 cm³/mol. The number of carboxylic acids is 1. The second-order valence-corrected chi connectivity index (χ2v) is 4.66. The van der Waals surface area contributed by atoms with Gasteiger partial charge in [-0.25, -0.2) is 9.59 Å². The Bertz CT molecular complexity index is 290.